The Bertz CT molecular complexity index is 769. The van der Waals surface area contributed by atoms with Gasteiger partial charge in [0.25, 0.3) is 0 Å². The Labute approximate surface area is 184 Å². The summed E-state index contributed by atoms with van der Waals surface area (Å²) in [5.41, 5.74) is 0.777. The highest BCUT2D eigenvalue weighted by atomic mass is 127. The minimum atomic E-state index is -0.0713. The third-order valence-corrected chi connectivity index (χ3v) is 3.99. The largest absolute Gasteiger partial charge is 0.508 e. The number of oxazole rings is 1. The van der Waals surface area contributed by atoms with Crippen LogP contribution in [0.5, 0.6) is 11.5 Å². The third-order valence-electron chi connectivity index (χ3n) is 3.99. The van der Waals surface area contributed by atoms with Gasteiger partial charge in [-0.05, 0) is 25.0 Å². The van der Waals surface area contributed by atoms with Crippen LogP contribution < -0.4 is 15.4 Å². The number of benzene rings is 1. The van der Waals surface area contributed by atoms with Crippen LogP contribution in [0.3, 0.4) is 0 Å². The number of halogens is 1. The van der Waals surface area contributed by atoms with E-state index in [9.17, 15) is 5.11 Å². The maximum Gasteiger partial charge on any atom is 0.216 e. The molecule has 0 unspecified atom stereocenters. The van der Waals surface area contributed by atoms with Crippen LogP contribution in [0.4, 0.5) is 0 Å². The molecule has 0 aliphatic heterocycles. The van der Waals surface area contributed by atoms with Gasteiger partial charge in [0.15, 0.2) is 5.96 Å². The Balaban J connectivity index is 0.00000392. The fourth-order valence-electron chi connectivity index (χ4n) is 2.42. The number of aromatic nitrogens is 1. The minimum Gasteiger partial charge on any atom is -0.508 e. The number of aromatic hydroxyl groups is 1. The molecule has 156 valence electrons. The standard InChI is InChI=1S/C20H30N4O3.HI/c1-6-21-19(24-13-18-23-12-17(27-18)20(2,3)4)22-10-9-14-7-8-15(26-5)11-16(14)25;/h7-8,11-12,25H,6,9-10,13H2,1-5H3,(H2,21,22,24);1H. The van der Waals surface area contributed by atoms with Crippen LogP contribution in [0.25, 0.3) is 0 Å². The van der Waals surface area contributed by atoms with Crippen molar-refractivity contribution in [1.82, 2.24) is 15.6 Å². The molecule has 0 radical (unpaired) electrons. The molecule has 0 fully saturated rings. The summed E-state index contributed by atoms with van der Waals surface area (Å²) >= 11 is 0. The van der Waals surface area contributed by atoms with Crippen LogP contribution in [0.2, 0.25) is 0 Å². The monoisotopic (exact) mass is 502 g/mol. The quantitative estimate of drug-likeness (QED) is 0.305. The van der Waals surface area contributed by atoms with Gasteiger partial charge >= 0.3 is 0 Å². The molecule has 7 nitrogen and oxygen atoms in total. The predicted molar refractivity (Wildman–Crippen MR) is 122 cm³/mol. The smallest absolute Gasteiger partial charge is 0.216 e. The second-order valence-corrected chi connectivity index (χ2v) is 7.23. The molecule has 1 heterocycles. The van der Waals surface area contributed by atoms with E-state index in [1.54, 1.807) is 19.4 Å². The highest BCUT2D eigenvalue weighted by molar-refractivity contribution is 14.0. The third kappa shape index (κ3) is 7.21. The molecule has 0 bridgehead atoms. The maximum atomic E-state index is 10.0. The zero-order valence-electron chi connectivity index (χ0n) is 17.2. The van der Waals surface area contributed by atoms with E-state index in [1.807, 2.05) is 19.1 Å². The summed E-state index contributed by atoms with van der Waals surface area (Å²) in [7, 11) is 1.58. The van der Waals surface area contributed by atoms with E-state index < -0.39 is 0 Å². The molecule has 2 aromatic rings. The number of rotatable bonds is 7. The number of aliphatic imine (C=N–C) groups is 1. The number of hydrogen-bond acceptors (Lipinski definition) is 5. The van der Waals surface area contributed by atoms with Crippen molar-refractivity contribution in [2.75, 3.05) is 20.2 Å². The van der Waals surface area contributed by atoms with Gasteiger partial charge in [0.2, 0.25) is 5.89 Å². The van der Waals surface area contributed by atoms with Gasteiger partial charge in [0, 0.05) is 24.6 Å². The van der Waals surface area contributed by atoms with Crippen molar-refractivity contribution in [1.29, 1.82) is 0 Å². The van der Waals surface area contributed by atoms with E-state index in [4.69, 9.17) is 9.15 Å². The molecule has 28 heavy (non-hydrogen) atoms. The van der Waals surface area contributed by atoms with Crippen LogP contribution in [0, 0.1) is 0 Å². The molecule has 0 saturated heterocycles. The van der Waals surface area contributed by atoms with Crippen LogP contribution in [-0.2, 0) is 18.4 Å². The fourth-order valence-corrected chi connectivity index (χ4v) is 2.42. The Morgan fingerprint density at radius 2 is 2.04 bits per heavy atom. The van der Waals surface area contributed by atoms with Crippen molar-refractivity contribution in [3.63, 3.8) is 0 Å². The molecule has 8 heteroatoms. The van der Waals surface area contributed by atoms with E-state index in [0.717, 1.165) is 17.9 Å². The van der Waals surface area contributed by atoms with Crippen molar-refractivity contribution < 1.29 is 14.3 Å². The summed E-state index contributed by atoms with van der Waals surface area (Å²) in [6.07, 6.45) is 2.42. The van der Waals surface area contributed by atoms with Crippen molar-refractivity contribution in [2.24, 2.45) is 4.99 Å². The number of guanidine groups is 1. The predicted octanol–water partition coefficient (Wildman–Crippen LogP) is 3.60. The molecule has 0 aliphatic rings. The summed E-state index contributed by atoms with van der Waals surface area (Å²) in [5.74, 6) is 2.99. The van der Waals surface area contributed by atoms with Crippen LogP contribution >= 0.6 is 24.0 Å². The Hall–Kier alpha value is -1.97. The van der Waals surface area contributed by atoms with Crippen molar-refractivity contribution in [3.8, 4) is 11.5 Å². The first kappa shape index (κ1) is 24.1. The fraction of sp³-hybridized carbons (Fsp3) is 0.500. The maximum absolute atomic E-state index is 10.0. The molecule has 0 amide bonds. The number of nitrogens with one attached hydrogen (secondary N) is 2. The van der Waals surface area contributed by atoms with E-state index in [2.05, 4.69) is 41.4 Å². The van der Waals surface area contributed by atoms with Crippen LogP contribution in [-0.4, -0.2) is 36.2 Å². The zero-order valence-corrected chi connectivity index (χ0v) is 19.5. The van der Waals surface area contributed by atoms with E-state index in [-0.39, 0.29) is 35.1 Å². The number of hydrogen-bond donors (Lipinski definition) is 3. The summed E-state index contributed by atoms with van der Waals surface area (Å²) < 4.78 is 10.9. The lowest BCUT2D eigenvalue weighted by Crippen LogP contribution is -2.38. The molecular formula is C20H31IN4O3. The molecule has 0 saturated carbocycles. The first-order valence-corrected chi connectivity index (χ1v) is 9.16. The molecule has 1 aromatic carbocycles. The Morgan fingerprint density at radius 1 is 1.29 bits per heavy atom. The van der Waals surface area contributed by atoms with Crippen LogP contribution in [0.1, 0.15) is 44.9 Å². The average Bonchev–Trinajstić information content (AvgIpc) is 3.10. The van der Waals surface area contributed by atoms with Crippen molar-refractivity contribution >= 4 is 29.9 Å². The molecule has 2 rings (SSSR count). The summed E-state index contributed by atoms with van der Waals surface area (Å²) in [4.78, 5) is 8.81. The highest BCUT2D eigenvalue weighted by Crippen LogP contribution is 2.24. The molecule has 3 N–H and O–H groups in total. The topological polar surface area (TPSA) is 91.9 Å². The first-order chi connectivity index (χ1) is 12.8. The van der Waals surface area contributed by atoms with Gasteiger partial charge in [-0.2, -0.15) is 0 Å². The van der Waals surface area contributed by atoms with Crippen molar-refractivity contribution in [2.45, 2.75) is 46.1 Å². The van der Waals surface area contributed by atoms with Gasteiger partial charge in [0.1, 0.15) is 23.8 Å². The summed E-state index contributed by atoms with van der Waals surface area (Å²) in [5, 5.41) is 16.5. The number of phenolic OH excluding ortho intramolecular Hbond substituents is 1. The second kappa shape index (κ2) is 11.1. The number of phenols is 1. The van der Waals surface area contributed by atoms with E-state index in [1.165, 1.54) is 0 Å². The lowest BCUT2D eigenvalue weighted by Gasteiger charge is -2.13. The average molecular weight is 502 g/mol. The van der Waals surface area contributed by atoms with Crippen molar-refractivity contribution in [3.05, 3.63) is 41.6 Å². The highest BCUT2D eigenvalue weighted by Gasteiger charge is 2.19. The lowest BCUT2D eigenvalue weighted by molar-refractivity contribution is 0.383. The molecule has 0 aliphatic carbocycles. The Morgan fingerprint density at radius 3 is 2.61 bits per heavy atom. The molecule has 0 spiro atoms. The minimum absolute atomic E-state index is 0. The summed E-state index contributed by atoms with van der Waals surface area (Å²) in [6, 6.07) is 5.31. The van der Waals surface area contributed by atoms with Gasteiger partial charge in [-0.1, -0.05) is 26.8 Å². The number of nitrogens with zero attached hydrogens (tertiary/aromatic N) is 2. The summed E-state index contributed by atoms with van der Waals surface area (Å²) in [6.45, 7) is 10.00. The van der Waals surface area contributed by atoms with Gasteiger partial charge in [0.05, 0.1) is 13.3 Å². The van der Waals surface area contributed by atoms with E-state index >= 15 is 0 Å². The van der Waals surface area contributed by atoms with Gasteiger partial charge in [-0.25, -0.2) is 9.98 Å². The Kier molecular flexibility index (Phi) is 9.57. The first-order valence-electron chi connectivity index (χ1n) is 9.16. The lowest BCUT2D eigenvalue weighted by atomic mass is 9.94. The molecule has 1 aromatic heterocycles. The number of methoxy groups -OCH3 is 1. The molecule has 0 atom stereocenters. The van der Waals surface area contributed by atoms with Gasteiger partial charge in [-0.15, -0.1) is 24.0 Å². The SMILES string of the molecule is CCNC(=NCc1ncc(C(C)(C)C)o1)NCCc1ccc(OC)cc1O.I. The van der Waals surface area contributed by atoms with Gasteiger partial charge < -0.3 is 24.9 Å². The second-order valence-electron chi connectivity index (χ2n) is 7.23. The van der Waals surface area contributed by atoms with E-state index in [0.29, 0.717) is 37.1 Å². The molecular weight excluding hydrogens is 471 g/mol. The normalized spacial score (nSPS) is 11.7. The zero-order chi connectivity index (χ0) is 19.9. The van der Waals surface area contributed by atoms with Gasteiger partial charge in [-0.3, -0.25) is 0 Å². The van der Waals surface area contributed by atoms with Crippen LogP contribution in [0.15, 0.2) is 33.8 Å². The number of ether oxygens (including phenoxy) is 1.